The number of nitrogens with zero attached hydrogens (tertiary/aromatic N) is 4. The standard InChI is InChI=1S/C20H29N5O4/c1-14-8-16(23-29-14)18(26)22-17-11-28-20(12-19(17,2)27)4-6-25(7-5-20)10-15-9-21-13-24(15)3/h8-9,13,17,27H,4-7,10-12H2,1-3H3,(H,22,26)/t17-,19-/m0/s1. The molecule has 9 heteroatoms. The van der Waals surface area contributed by atoms with E-state index < -0.39 is 11.6 Å². The van der Waals surface area contributed by atoms with Crippen LogP contribution in [0.1, 0.15) is 48.1 Å². The van der Waals surface area contributed by atoms with Crippen molar-refractivity contribution in [3.05, 3.63) is 35.7 Å². The van der Waals surface area contributed by atoms with Crippen molar-refractivity contribution in [1.82, 2.24) is 24.9 Å². The molecule has 2 saturated heterocycles. The van der Waals surface area contributed by atoms with Gasteiger partial charge in [0.2, 0.25) is 0 Å². The van der Waals surface area contributed by atoms with Crippen LogP contribution < -0.4 is 5.32 Å². The fourth-order valence-corrected chi connectivity index (χ4v) is 4.37. The van der Waals surface area contributed by atoms with Gasteiger partial charge in [0.15, 0.2) is 5.69 Å². The van der Waals surface area contributed by atoms with Crippen molar-refractivity contribution in [2.24, 2.45) is 7.05 Å². The van der Waals surface area contributed by atoms with Crippen LogP contribution in [0.5, 0.6) is 0 Å². The Morgan fingerprint density at radius 3 is 2.76 bits per heavy atom. The molecule has 2 aromatic heterocycles. The minimum atomic E-state index is -1.06. The number of carbonyl (C=O) groups is 1. The molecule has 0 aromatic carbocycles. The smallest absolute Gasteiger partial charge is 0.273 e. The van der Waals surface area contributed by atoms with Crippen molar-refractivity contribution >= 4 is 5.91 Å². The number of ether oxygens (including phenoxy) is 1. The summed E-state index contributed by atoms with van der Waals surface area (Å²) < 4.78 is 13.2. The lowest BCUT2D eigenvalue weighted by molar-refractivity contribution is -0.186. The van der Waals surface area contributed by atoms with Gasteiger partial charge in [0, 0.05) is 45.4 Å². The van der Waals surface area contributed by atoms with Gasteiger partial charge in [-0.25, -0.2) is 4.98 Å². The number of likely N-dealkylation sites (tertiary alicyclic amines) is 1. The number of rotatable bonds is 4. The molecule has 4 heterocycles. The van der Waals surface area contributed by atoms with Gasteiger partial charge in [-0.3, -0.25) is 9.69 Å². The zero-order valence-corrected chi connectivity index (χ0v) is 17.2. The molecule has 0 unspecified atom stereocenters. The second-order valence-electron chi connectivity index (χ2n) is 8.65. The zero-order chi connectivity index (χ0) is 20.6. The molecule has 1 spiro atoms. The van der Waals surface area contributed by atoms with E-state index in [1.165, 1.54) is 5.69 Å². The Balaban J connectivity index is 1.34. The number of imidazole rings is 1. The number of hydrogen-bond acceptors (Lipinski definition) is 7. The molecule has 2 atom stereocenters. The van der Waals surface area contributed by atoms with Crippen LogP contribution >= 0.6 is 0 Å². The Labute approximate surface area is 170 Å². The molecule has 158 valence electrons. The van der Waals surface area contributed by atoms with Gasteiger partial charge in [0.05, 0.1) is 35.9 Å². The second-order valence-corrected chi connectivity index (χ2v) is 8.65. The van der Waals surface area contributed by atoms with E-state index in [0.29, 0.717) is 12.2 Å². The highest BCUT2D eigenvalue weighted by molar-refractivity contribution is 5.92. The van der Waals surface area contributed by atoms with Crippen LogP contribution in [0, 0.1) is 6.92 Å². The molecule has 9 nitrogen and oxygen atoms in total. The summed E-state index contributed by atoms with van der Waals surface area (Å²) in [6.45, 7) is 6.44. The van der Waals surface area contributed by atoms with Gasteiger partial charge in [0.25, 0.3) is 5.91 Å². The Morgan fingerprint density at radius 2 is 2.17 bits per heavy atom. The summed E-state index contributed by atoms with van der Waals surface area (Å²) in [5, 5.41) is 17.7. The Bertz CT molecular complexity index is 866. The average Bonchev–Trinajstić information content (AvgIpc) is 3.28. The van der Waals surface area contributed by atoms with Gasteiger partial charge in [-0.05, 0) is 26.7 Å². The number of aliphatic hydroxyl groups is 1. The minimum Gasteiger partial charge on any atom is -0.388 e. The number of aromatic nitrogens is 3. The molecule has 2 fully saturated rings. The van der Waals surface area contributed by atoms with Crippen LogP contribution in [-0.2, 0) is 18.3 Å². The zero-order valence-electron chi connectivity index (χ0n) is 17.2. The molecule has 0 bridgehead atoms. The van der Waals surface area contributed by atoms with E-state index in [0.717, 1.165) is 32.5 Å². The summed E-state index contributed by atoms with van der Waals surface area (Å²) in [6, 6.07) is 1.08. The first-order chi connectivity index (χ1) is 13.8. The summed E-state index contributed by atoms with van der Waals surface area (Å²) in [4.78, 5) is 19.0. The van der Waals surface area contributed by atoms with Gasteiger partial charge < -0.3 is 24.3 Å². The minimum absolute atomic E-state index is 0.210. The topological polar surface area (TPSA) is 106 Å². The molecule has 2 aliphatic rings. The van der Waals surface area contributed by atoms with E-state index >= 15 is 0 Å². The number of hydrogen-bond donors (Lipinski definition) is 2. The van der Waals surface area contributed by atoms with Crippen molar-refractivity contribution in [3.63, 3.8) is 0 Å². The van der Waals surface area contributed by atoms with Crippen molar-refractivity contribution < 1.29 is 19.2 Å². The van der Waals surface area contributed by atoms with Crippen LogP contribution in [0.3, 0.4) is 0 Å². The summed E-state index contributed by atoms with van der Waals surface area (Å²) >= 11 is 0. The molecule has 1 amide bonds. The van der Waals surface area contributed by atoms with E-state index in [9.17, 15) is 9.90 Å². The molecule has 0 aliphatic carbocycles. The third kappa shape index (κ3) is 4.22. The number of aryl methyl sites for hydroxylation is 2. The highest BCUT2D eigenvalue weighted by Crippen LogP contribution is 2.39. The van der Waals surface area contributed by atoms with Gasteiger partial charge in [-0.1, -0.05) is 5.16 Å². The lowest BCUT2D eigenvalue weighted by Gasteiger charge is -2.51. The Kier molecular flexibility index (Phi) is 5.22. The summed E-state index contributed by atoms with van der Waals surface area (Å²) in [5.41, 5.74) is -0.0138. The second kappa shape index (κ2) is 7.55. The van der Waals surface area contributed by atoms with Crippen LogP contribution in [-0.4, -0.2) is 67.6 Å². The predicted molar refractivity (Wildman–Crippen MR) is 104 cm³/mol. The van der Waals surface area contributed by atoms with Crippen LogP contribution in [0.25, 0.3) is 0 Å². The fourth-order valence-electron chi connectivity index (χ4n) is 4.37. The van der Waals surface area contributed by atoms with Crippen molar-refractivity contribution in [3.8, 4) is 0 Å². The van der Waals surface area contributed by atoms with E-state index in [1.54, 1.807) is 19.9 Å². The molecule has 4 rings (SSSR count). The highest BCUT2D eigenvalue weighted by Gasteiger charge is 2.49. The summed E-state index contributed by atoms with van der Waals surface area (Å²) in [7, 11) is 2.00. The van der Waals surface area contributed by atoms with Gasteiger partial charge in [-0.15, -0.1) is 0 Å². The lowest BCUT2D eigenvalue weighted by atomic mass is 9.75. The number of carbonyl (C=O) groups excluding carboxylic acids is 1. The molecule has 2 aromatic rings. The summed E-state index contributed by atoms with van der Waals surface area (Å²) in [6.07, 6.45) is 5.91. The van der Waals surface area contributed by atoms with E-state index in [1.807, 2.05) is 24.1 Å². The molecule has 0 radical (unpaired) electrons. The highest BCUT2D eigenvalue weighted by atomic mass is 16.5. The molecule has 2 aliphatic heterocycles. The third-order valence-electron chi connectivity index (χ3n) is 6.22. The number of nitrogens with one attached hydrogen (secondary N) is 1. The maximum atomic E-state index is 12.4. The molecule has 29 heavy (non-hydrogen) atoms. The molecule has 2 N–H and O–H groups in total. The largest absolute Gasteiger partial charge is 0.388 e. The van der Waals surface area contributed by atoms with Crippen LogP contribution in [0.2, 0.25) is 0 Å². The van der Waals surface area contributed by atoms with Gasteiger partial charge >= 0.3 is 0 Å². The predicted octanol–water partition coefficient (Wildman–Crippen LogP) is 1.02. The van der Waals surface area contributed by atoms with E-state index in [2.05, 4.69) is 20.4 Å². The number of amides is 1. The monoisotopic (exact) mass is 403 g/mol. The van der Waals surface area contributed by atoms with Crippen LogP contribution in [0.15, 0.2) is 23.1 Å². The Hall–Kier alpha value is -2.23. The van der Waals surface area contributed by atoms with E-state index in [4.69, 9.17) is 9.26 Å². The van der Waals surface area contributed by atoms with Crippen molar-refractivity contribution in [2.75, 3.05) is 19.7 Å². The number of piperidine rings is 1. The van der Waals surface area contributed by atoms with Gasteiger partial charge in [-0.2, -0.15) is 0 Å². The Morgan fingerprint density at radius 1 is 1.41 bits per heavy atom. The SMILES string of the molecule is Cc1cc(C(=O)N[C@H]2COC3(CCN(Cc4cncn4C)CC3)C[C@]2(C)O)no1. The normalized spacial score (nSPS) is 27.2. The first-order valence-electron chi connectivity index (χ1n) is 10.0. The first-order valence-corrected chi connectivity index (χ1v) is 10.0. The maximum absolute atomic E-state index is 12.4. The maximum Gasteiger partial charge on any atom is 0.273 e. The summed E-state index contributed by atoms with van der Waals surface area (Å²) in [5.74, 6) is 0.205. The fraction of sp³-hybridized carbons (Fsp3) is 0.650. The molecular formula is C20H29N5O4. The first kappa shape index (κ1) is 20.1. The van der Waals surface area contributed by atoms with Gasteiger partial charge in [0.1, 0.15) is 5.76 Å². The molecule has 0 saturated carbocycles. The molecular weight excluding hydrogens is 374 g/mol. The van der Waals surface area contributed by atoms with Crippen LogP contribution in [0.4, 0.5) is 0 Å². The van der Waals surface area contributed by atoms with Crippen molar-refractivity contribution in [1.29, 1.82) is 0 Å². The van der Waals surface area contributed by atoms with Crippen molar-refractivity contribution in [2.45, 2.75) is 56.9 Å². The van der Waals surface area contributed by atoms with E-state index in [-0.39, 0.29) is 23.8 Å². The lowest BCUT2D eigenvalue weighted by Crippen LogP contribution is -2.63. The quantitative estimate of drug-likeness (QED) is 0.785. The third-order valence-corrected chi connectivity index (χ3v) is 6.22. The average molecular weight is 403 g/mol.